The predicted octanol–water partition coefficient (Wildman–Crippen LogP) is 3.33. The van der Waals surface area contributed by atoms with Crippen LogP contribution in [0.3, 0.4) is 0 Å². The van der Waals surface area contributed by atoms with Crippen LogP contribution in [0.15, 0.2) is 42.5 Å². The van der Waals surface area contributed by atoms with E-state index in [4.69, 9.17) is 11.2 Å². The summed E-state index contributed by atoms with van der Waals surface area (Å²) in [5.41, 5.74) is 3.61. The highest BCUT2D eigenvalue weighted by molar-refractivity contribution is 6.07. The van der Waals surface area contributed by atoms with Crippen LogP contribution < -0.4 is 15.4 Å². The molecule has 5 heteroatoms. The minimum absolute atomic E-state index is 0.211. The van der Waals surface area contributed by atoms with Gasteiger partial charge in [0.2, 0.25) is 5.91 Å². The molecule has 0 radical (unpaired) electrons. The van der Waals surface area contributed by atoms with Crippen LogP contribution in [0.1, 0.15) is 27.0 Å². The largest absolute Gasteiger partial charge is 0.481 e. The summed E-state index contributed by atoms with van der Waals surface area (Å²) in [6.07, 6.45) is 8.31. The molecule has 27 heavy (non-hydrogen) atoms. The number of hydrogen-bond donors (Lipinski definition) is 2. The molecule has 2 aromatic rings. The van der Waals surface area contributed by atoms with Crippen molar-refractivity contribution in [3.8, 4) is 18.1 Å². The standard InChI is InChI=1S/C22H22N2O3/c1-5-12-27-20-10-7-17(14-16(20)3)8-11-21(25)24-19-13-15(2)6-9-18(19)22(26)23-4/h1,6-11,13-14H,12H2,2-4H3,(H,23,26)(H,24,25)/b11-8+. The first-order valence-electron chi connectivity index (χ1n) is 8.43. The number of hydrogen-bond acceptors (Lipinski definition) is 3. The molecule has 0 saturated carbocycles. The second-order valence-corrected chi connectivity index (χ2v) is 5.97. The zero-order valence-electron chi connectivity index (χ0n) is 15.6. The Morgan fingerprint density at radius 2 is 1.96 bits per heavy atom. The van der Waals surface area contributed by atoms with Gasteiger partial charge in [-0.15, -0.1) is 6.42 Å². The molecule has 0 aliphatic heterocycles. The van der Waals surface area contributed by atoms with Crippen molar-refractivity contribution in [1.29, 1.82) is 0 Å². The molecular formula is C22H22N2O3. The number of rotatable bonds is 6. The number of ether oxygens (including phenoxy) is 1. The third kappa shape index (κ3) is 5.48. The Balaban J connectivity index is 2.12. The van der Waals surface area contributed by atoms with Gasteiger partial charge in [0, 0.05) is 13.1 Å². The third-order valence-corrected chi connectivity index (χ3v) is 3.84. The number of amides is 2. The first-order chi connectivity index (χ1) is 12.9. The van der Waals surface area contributed by atoms with Crippen LogP contribution in [0.2, 0.25) is 0 Å². The fraction of sp³-hybridized carbons (Fsp3) is 0.182. The van der Waals surface area contributed by atoms with E-state index in [-0.39, 0.29) is 18.4 Å². The molecule has 0 aliphatic carbocycles. The number of anilines is 1. The summed E-state index contributed by atoms with van der Waals surface area (Å²) < 4.78 is 5.43. The highest BCUT2D eigenvalue weighted by Gasteiger charge is 2.11. The maximum Gasteiger partial charge on any atom is 0.253 e. The van der Waals surface area contributed by atoms with Crippen LogP contribution in [0.25, 0.3) is 6.08 Å². The molecular weight excluding hydrogens is 340 g/mol. The molecule has 0 heterocycles. The second-order valence-electron chi connectivity index (χ2n) is 5.97. The van der Waals surface area contributed by atoms with Crippen LogP contribution in [0, 0.1) is 26.2 Å². The minimum atomic E-state index is -0.323. The van der Waals surface area contributed by atoms with Crippen LogP contribution >= 0.6 is 0 Å². The fourth-order valence-electron chi connectivity index (χ4n) is 2.50. The average Bonchev–Trinajstić information content (AvgIpc) is 2.65. The van der Waals surface area contributed by atoms with Gasteiger partial charge in [0.05, 0.1) is 11.3 Å². The van der Waals surface area contributed by atoms with Gasteiger partial charge >= 0.3 is 0 Å². The highest BCUT2D eigenvalue weighted by atomic mass is 16.5. The summed E-state index contributed by atoms with van der Waals surface area (Å²) in [6, 6.07) is 10.8. The minimum Gasteiger partial charge on any atom is -0.481 e. The zero-order valence-corrected chi connectivity index (χ0v) is 15.6. The molecule has 5 nitrogen and oxygen atoms in total. The lowest BCUT2D eigenvalue weighted by Crippen LogP contribution is -2.21. The zero-order chi connectivity index (χ0) is 19.8. The summed E-state index contributed by atoms with van der Waals surface area (Å²) >= 11 is 0. The van der Waals surface area contributed by atoms with Crippen LogP contribution in [-0.4, -0.2) is 25.5 Å². The van der Waals surface area contributed by atoms with Crippen molar-refractivity contribution >= 4 is 23.6 Å². The molecule has 138 valence electrons. The van der Waals surface area contributed by atoms with Crippen LogP contribution in [0.5, 0.6) is 5.75 Å². The van der Waals surface area contributed by atoms with Gasteiger partial charge in [-0.1, -0.05) is 18.1 Å². The van der Waals surface area contributed by atoms with Crippen molar-refractivity contribution in [3.05, 3.63) is 64.7 Å². The van der Waals surface area contributed by atoms with Gasteiger partial charge in [0.25, 0.3) is 5.91 Å². The predicted molar refractivity (Wildman–Crippen MR) is 108 cm³/mol. The molecule has 0 saturated heterocycles. The number of carbonyl (C=O) groups excluding carboxylic acids is 2. The Morgan fingerprint density at radius 1 is 1.19 bits per heavy atom. The topological polar surface area (TPSA) is 67.4 Å². The van der Waals surface area contributed by atoms with Gasteiger partial charge < -0.3 is 15.4 Å². The molecule has 2 aromatic carbocycles. The van der Waals surface area contributed by atoms with Gasteiger partial charge in [-0.05, 0) is 60.9 Å². The number of terminal acetylenes is 1. The van der Waals surface area contributed by atoms with E-state index >= 15 is 0 Å². The molecule has 0 fully saturated rings. The van der Waals surface area contributed by atoms with Crippen molar-refractivity contribution in [2.24, 2.45) is 0 Å². The van der Waals surface area contributed by atoms with E-state index in [2.05, 4.69) is 16.6 Å². The normalized spacial score (nSPS) is 10.3. The van der Waals surface area contributed by atoms with E-state index in [0.29, 0.717) is 17.0 Å². The van der Waals surface area contributed by atoms with Crippen LogP contribution in [-0.2, 0) is 4.79 Å². The molecule has 0 bridgehead atoms. The lowest BCUT2D eigenvalue weighted by molar-refractivity contribution is -0.111. The summed E-state index contributed by atoms with van der Waals surface area (Å²) in [5.74, 6) is 2.56. The van der Waals surface area contributed by atoms with Gasteiger partial charge in [-0.2, -0.15) is 0 Å². The third-order valence-electron chi connectivity index (χ3n) is 3.84. The molecule has 0 unspecified atom stereocenters. The Hall–Kier alpha value is -3.52. The number of aryl methyl sites for hydroxylation is 2. The lowest BCUT2D eigenvalue weighted by atomic mass is 10.1. The first-order valence-corrected chi connectivity index (χ1v) is 8.43. The highest BCUT2D eigenvalue weighted by Crippen LogP contribution is 2.20. The van der Waals surface area contributed by atoms with E-state index in [1.54, 1.807) is 25.3 Å². The van der Waals surface area contributed by atoms with Gasteiger partial charge in [0.1, 0.15) is 12.4 Å². The van der Waals surface area contributed by atoms with E-state index < -0.39 is 0 Å². The maximum atomic E-state index is 12.3. The SMILES string of the molecule is C#CCOc1ccc(/C=C/C(=O)Nc2cc(C)ccc2C(=O)NC)cc1C. The summed E-state index contributed by atoms with van der Waals surface area (Å²) in [5, 5.41) is 5.32. The van der Waals surface area contributed by atoms with Gasteiger partial charge in [-0.25, -0.2) is 0 Å². The number of benzene rings is 2. The first kappa shape index (κ1) is 19.8. The second kappa shape index (κ2) is 9.25. The molecule has 2 N–H and O–H groups in total. The fourth-order valence-corrected chi connectivity index (χ4v) is 2.50. The molecule has 0 aromatic heterocycles. The molecule has 2 amide bonds. The van der Waals surface area contributed by atoms with Crippen molar-refractivity contribution in [1.82, 2.24) is 5.32 Å². The molecule has 0 aliphatic rings. The molecule has 0 atom stereocenters. The summed E-state index contributed by atoms with van der Waals surface area (Å²) in [6.45, 7) is 4.01. The summed E-state index contributed by atoms with van der Waals surface area (Å²) in [7, 11) is 1.55. The quantitative estimate of drug-likeness (QED) is 0.612. The van der Waals surface area contributed by atoms with E-state index in [0.717, 1.165) is 16.7 Å². The van der Waals surface area contributed by atoms with Gasteiger partial charge in [0.15, 0.2) is 0 Å². The number of nitrogens with one attached hydrogen (secondary N) is 2. The monoisotopic (exact) mass is 362 g/mol. The van der Waals surface area contributed by atoms with Crippen molar-refractivity contribution in [3.63, 3.8) is 0 Å². The van der Waals surface area contributed by atoms with E-state index in [1.165, 1.54) is 6.08 Å². The average molecular weight is 362 g/mol. The van der Waals surface area contributed by atoms with Crippen molar-refractivity contribution in [2.75, 3.05) is 19.0 Å². The smallest absolute Gasteiger partial charge is 0.253 e. The van der Waals surface area contributed by atoms with E-state index in [9.17, 15) is 9.59 Å². The summed E-state index contributed by atoms with van der Waals surface area (Å²) in [4.78, 5) is 24.2. The maximum absolute atomic E-state index is 12.3. The Morgan fingerprint density at radius 3 is 2.63 bits per heavy atom. The Labute approximate surface area is 159 Å². The van der Waals surface area contributed by atoms with Crippen molar-refractivity contribution < 1.29 is 14.3 Å². The lowest BCUT2D eigenvalue weighted by Gasteiger charge is -2.10. The Kier molecular flexibility index (Phi) is 6.79. The van der Waals surface area contributed by atoms with Crippen LogP contribution in [0.4, 0.5) is 5.69 Å². The van der Waals surface area contributed by atoms with Crippen molar-refractivity contribution in [2.45, 2.75) is 13.8 Å². The number of carbonyl (C=O) groups is 2. The molecule has 0 spiro atoms. The van der Waals surface area contributed by atoms with Gasteiger partial charge in [-0.3, -0.25) is 9.59 Å². The Bertz CT molecular complexity index is 924. The molecule has 2 rings (SSSR count). The van der Waals surface area contributed by atoms with E-state index in [1.807, 2.05) is 38.1 Å².